The number of hydrogen-bond donors (Lipinski definition) is 0. The summed E-state index contributed by atoms with van der Waals surface area (Å²) in [7, 11) is 0.963. The van der Waals surface area contributed by atoms with Crippen LogP contribution >= 0.6 is 0 Å². The van der Waals surface area contributed by atoms with E-state index in [4.69, 9.17) is 28.1 Å². The van der Waals surface area contributed by atoms with Gasteiger partial charge < -0.3 is 28.1 Å². The smallest absolute Gasteiger partial charge is 0.192 e. The third kappa shape index (κ3) is 15.0. The molecule has 0 radical (unpaired) electrons. The molecule has 3 atom stereocenters. The van der Waals surface area contributed by atoms with Gasteiger partial charge in [0, 0.05) is 18.3 Å². The summed E-state index contributed by atoms with van der Waals surface area (Å²) in [4.78, 5) is 27.2. The number of carbonyl (C=O) groups is 2. The van der Waals surface area contributed by atoms with Crippen molar-refractivity contribution < 1.29 is 37.7 Å². The summed E-state index contributed by atoms with van der Waals surface area (Å²) < 4.78 is 36.2. The largest absolute Gasteiger partial charge is 0.497 e. The van der Waals surface area contributed by atoms with Gasteiger partial charge in [0.25, 0.3) is 0 Å². The van der Waals surface area contributed by atoms with E-state index in [2.05, 4.69) is 33.9 Å². The summed E-state index contributed by atoms with van der Waals surface area (Å²) in [5.41, 5.74) is 2.26. The van der Waals surface area contributed by atoms with Gasteiger partial charge in [-0.25, -0.2) is 0 Å². The molecule has 0 N–H and O–H groups in total. The predicted molar refractivity (Wildman–Crippen MR) is 214 cm³/mol. The number of benzene rings is 3. The third-order valence-corrected chi connectivity index (χ3v) is 14.5. The van der Waals surface area contributed by atoms with Crippen molar-refractivity contribution in [3.63, 3.8) is 0 Å². The number of hydrogen-bond acceptors (Lipinski definition) is 8. The van der Waals surface area contributed by atoms with Crippen molar-refractivity contribution in [3.8, 4) is 11.5 Å². The van der Waals surface area contributed by atoms with Crippen molar-refractivity contribution in [2.24, 2.45) is 5.41 Å². The fraction of sp³-hybridized carbons (Fsp3) is 0.500. The molecule has 3 aromatic rings. The van der Waals surface area contributed by atoms with Gasteiger partial charge in [-0.3, -0.25) is 9.59 Å². The fourth-order valence-electron chi connectivity index (χ4n) is 5.39. The highest BCUT2D eigenvalue weighted by molar-refractivity contribution is 6.74. The Kier molecular flexibility index (Phi) is 17.1. The predicted octanol–water partition coefficient (Wildman–Crippen LogP) is 9.69. The Labute approximate surface area is 319 Å². The van der Waals surface area contributed by atoms with Crippen LogP contribution in [0.1, 0.15) is 77.5 Å². The lowest BCUT2D eigenvalue weighted by Gasteiger charge is -2.40. The Morgan fingerprint density at radius 3 is 1.81 bits per heavy atom. The van der Waals surface area contributed by atoms with E-state index in [0.717, 1.165) is 28.2 Å². The number of Topliss-reactive ketones (excluding diaryl/α,β-unsaturated/α-hetero) is 2. The molecule has 53 heavy (non-hydrogen) atoms. The molecule has 0 aliphatic heterocycles. The average Bonchev–Trinajstić information content (AvgIpc) is 3.12. The highest BCUT2D eigenvalue weighted by atomic mass is 28.4. The Morgan fingerprint density at radius 2 is 1.26 bits per heavy atom. The molecule has 0 spiro atoms. The Morgan fingerprint density at radius 1 is 0.736 bits per heavy atom. The standard InChI is InChI=1S/C44H62O8Si/c1-33(50-31-34-15-12-11-13-16-34)41(51-32-36-19-23-39(48-8)24-20-36)29-40(52-53(9,10)43(2,3)4)27-37(45)28-42(46)44(5,6)25-14-26-49-30-35-17-21-38(47-7)22-18-35/h11-25,33,40-41H,26-32H2,1-10H3/b25-14+/t33-,40-,41-/m1/s1. The minimum atomic E-state index is -2.32. The monoisotopic (exact) mass is 746 g/mol. The van der Waals surface area contributed by atoms with Crippen LogP contribution < -0.4 is 9.47 Å². The zero-order chi connectivity index (χ0) is 39.1. The zero-order valence-electron chi connectivity index (χ0n) is 33.6. The normalized spacial score (nSPS) is 14.2. The molecule has 3 aromatic carbocycles. The maximum Gasteiger partial charge on any atom is 0.192 e. The lowest BCUT2D eigenvalue weighted by molar-refractivity contribution is -0.132. The first-order chi connectivity index (χ1) is 25.0. The van der Waals surface area contributed by atoms with Crippen molar-refractivity contribution in [1.29, 1.82) is 0 Å². The van der Waals surface area contributed by atoms with Gasteiger partial charge >= 0.3 is 0 Å². The molecule has 0 saturated carbocycles. The van der Waals surface area contributed by atoms with E-state index in [1.165, 1.54) is 0 Å². The molecule has 0 aliphatic carbocycles. The molecule has 290 valence electrons. The number of ketones is 2. The van der Waals surface area contributed by atoms with Crippen LogP contribution in [0.15, 0.2) is 91.0 Å². The summed E-state index contributed by atoms with van der Waals surface area (Å²) in [6.45, 7) is 18.2. The summed E-state index contributed by atoms with van der Waals surface area (Å²) >= 11 is 0. The van der Waals surface area contributed by atoms with E-state index < -0.39 is 19.8 Å². The highest BCUT2D eigenvalue weighted by Crippen LogP contribution is 2.38. The molecule has 0 saturated heterocycles. The van der Waals surface area contributed by atoms with Crippen molar-refractivity contribution in [2.75, 3.05) is 20.8 Å². The first-order valence-electron chi connectivity index (χ1n) is 18.5. The lowest BCUT2D eigenvalue weighted by Crippen LogP contribution is -2.46. The van der Waals surface area contributed by atoms with Crippen LogP contribution in [-0.2, 0) is 48.0 Å². The van der Waals surface area contributed by atoms with E-state index in [9.17, 15) is 9.59 Å². The summed E-state index contributed by atoms with van der Waals surface area (Å²) in [5.74, 6) is 1.27. The lowest BCUT2D eigenvalue weighted by atomic mass is 9.84. The average molecular weight is 747 g/mol. The van der Waals surface area contributed by atoms with Crippen molar-refractivity contribution in [1.82, 2.24) is 0 Å². The second-order valence-corrected chi connectivity index (χ2v) is 20.5. The van der Waals surface area contributed by atoms with Gasteiger partial charge in [0.05, 0.1) is 65.4 Å². The molecule has 9 heteroatoms. The molecule has 0 fully saturated rings. The van der Waals surface area contributed by atoms with E-state index in [0.29, 0.717) is 32.8 Å². The van der Waals surface area contributed by atoms with Crippen LogP contribution in [0.5, 0.6) is 11.5 Å². The quantitative estimate of drug-likeness (QED) is 0.0410. The maximum atomic E-state index is 13.7. The van der Waals surface area contributed by atoms with Crippen molar-refractivity contribution in [3.05, 3.63) is 108 Å². The Balaban J connectivity index is 1.71. The number of methoxy groups -OCH3 is 2. The number of allylic oxidation sites excluding steroid dienone is 1. The summed E-state index contributed by atoms with van der Waals surface area (Å²) in [6, 6.07) is 25.5. The number of ether oxygens (including phenoxy) is 5. The van der Waals surface area contributed by atoms with E-state index >= 15 is 0 Å². The fourth-order valence-corrected chi connectivity index (χ4v) is 6.76. The van der Waals surface area contributed by atoms with Gasteiger partial charge in [-0.05, 0) is 79.9 Å². The van der Waals surface area contributed by atoms with E-state index in [-0.39, 0.29) is 41.7 Å². The van der Waals surface area contributed by atoms with Crippen molar-refractivity contribution in [2.45, 2.75) is 117 Å². The minimum Gasteiger partial charge on any atom is -0.497 e. The number of rotatable bonds is 23. The third-order valence-electron chi connectivity index (χ3n) is 9.97. The zero-order valence-corrected chi connectivity index (χ0v) is 34.6. The molecule has 0 bridgehead atoms. The van der Waals surface area contributed by atoms with Gasteiger partial charge in [0.1, 0.15) is 23.1 Å². The molecule has 0 unspecified atom stereocenters. The number of carbonyl (C=O) groups excluding carboxylic acids is 2. The molecule has 3 rings (SSSR count). The van der Waals surface area contributed by atoms with Crippen LogP contribution in [0, 0.1) is 5.41 Å². The molecule has 0 heterocycles. The highest BCUT2D eigenvalue weighted by Gasteiger charge is 2.41. The first-order valence-corrected chi connectivity index (χ1v) is 21.4. The van der Waals surface area contributed by atoms with Gasteiger partial charge in [-0.15, -0.1) is 0 Å². The van der Waals surface area contributed by atoms with Gasteiger partial charge in [0.15, 0.2) is 8.32 Å². The molecule has 0 aromatic heterocycles. The van der Waals surface area contributed by atoms with E-state index in [1.807, 2.05) is 112 Å². The van der Waals surface area contributed by atoms with Crippen LogP contribution in [0.2, 0.25) is 18.1 Å². The second-order valence-electron chi connectivity index (χ2n) is 15.8. The minimum absolute atomic E-state index is 0.0821. The summed E-state index contributed by atoms with van der Waals surface area (Å²) in [5, 5.41) is -0.0821. The first kappa shape index (κ1) is 43.8. The summed E-state index contributed by atoms with van der Waals surface area (Å²) in [6.07, 6.45) is 2.91. The van der Waals surface area contributed by atoms with Gasteiger partial charge in [0.2, 0.25) is 0 Å². The topological polar surface area (TPSA) is 89.5 Å². The second kappa shape index (κ2) is 20.7. The maximum absolute atomic E-state index is 13.7. The van der Waals surface area contributed by atoms with Crippen LogP contribution in [0.4, 0.5) is 0 Å². The van der Waals surface area contributed by atoms with Crippen molar-refractivity contribution >= 4 is 19.9 Å². The molecular formula is C44H62O8Si. The van der Waals surface area contributed by atoms with Gasteiger partial charge in [-0.1, -0.05) is 87.5 Å². The van der Waals surface area contributed by atoms with Crippen LogP contribution in [-0.4, -0.2) is 59.0 Å². The Bertz CT molecular complexity index is 1560. The molecular weight excluding hydrogens is 685 g/mol. The SMILES string of the molecule is COc1ccc(COC/C=C/C(C)(C)C(=O)CC(=O)C[C@H](C[C@@H](OCc2ccc(OC)cc2)[C@@H](C)OCc2ccccc2)O[Si](C)(C)C(C)(C)C)cc1. The Hall–Kier alpha value is -3.60. The van der Waals surface area contributed by atoms with Crippen LogP contribution in [0.3, 0.4) is 0 Å². The molecule has 8 nitrogen and oxygen atoms in total. The van der Waals surface area contributed by atoms with Crippen LogP contribution in [0.25, 0.3) is 0 Å². The van der Waals surface area contributed by atoms with Gasteiger partial charge in [-0.2, -0.15) is 0 Å². The molecule has 0 amide bonds. The van der Waals surface area contributed by atoms with E-state index in [1.54, 1.807) is 14.2 Å². The molecule has 0 aliphatic rings.